The molecule has 1 aromatic rings. The summed E-state index contributed by atoms with van der Waals surface area (Å²) in [4.78, 5) is 0. The van der Waals surface area contributed by atoms with E-state index < -0.39 is 17.2 Å². The van der Waals surface area contributed by atoms with Gasteiger partial charge in [-0.15, -0.1) is 0 Å². The van der Waals surface area contributed by atoms with Crippen LogP contribution in [-0.4, -0.2) is 11.7 Å². The molecule has 1 unspecified atom stereocenters. The fourth-order valence-corrected chi connectivity index (χ4v) is 3.09. The largest absolute Gasteiger partial charge is 0.416 e. The van der Waals surface area contributed by atoms with Crippen LogP contribution in [0.2, 0.25) is 5.02 Å². The number of halogens is 4. The maximum absolute atomic E-state index is 13.0. The predicted octanol–water partition coefficient (Wildman–Crippen LogP) is 4.02. The summed E-state index contributed by atoms with van der Waals surface area (Å²) < 4.78 is 39.1. The van der Waals surface area contributed by atoms with Gasteiger partial charge < -0.3 is 5.11 Å². The molecule has 0 aromatic heterocycles. The lowest BCUT2D eigenvalue weighted by atomic mass is 9.85. The highest BCUT2D eigenvalue weighted by Gasteiger charge is 2.64. The van der Waals surface area contributed by atoms with E-state index in [2.05, 4.69) is 0 Å². The van der Waals surface area contributed by atoms with Crippen molar-refractivity contribution < 1.29 is 18.3 Å². The Morgan fingerprint density at radius 3 is 2.28 bits per heavy atom. The van der Waals surface area contributed by atoms with Crippen LogP contribution in [-0.2, 0) is 11.6 Å². The van der Waals surface area contributed by atoms with Crippen LogP contribution >= 0.6 is 11.6 Å². The van der Waals surface area contributed by atoms with Crippen LogP contribution in [0.5, 0.6) is 0 Å². The molecule has 2 rings (SSSR count). The minimum atomic E-state index is -4.46. The van der Waals surface area contributed by atoms with Gasteiger partial charge in [0.1, 0.15) is 0 Å². The van der Waals surface area contributed by atoms with Crippen LogP contribution in [0.1, 0.15) is 31.4 Å². The average Bonchev–Trinajstić information content (AvgIpc) is 2.80. The third kappa shape index (κ3) is 1.82. The van der Waals surface area contributed by atoms with Crippen LogP contribution in [0.25, 0.3) is 0 Å². The number of hydrogen-bond donors (Lipinski definition) is 1. The van der Waals surface area contributed by atoms with Gasteiger partial charge in [-0.05, 0) is 29.5 Å². The standard InChI is InChI=1S/C13H14ClF3O/c1-11(2)6-12(11,7-18)10-8(13(15,16)17)4-3-5-9(10)14/h3-5,18H,6-7H2,1-2H3. The van der Waals surface area contributed by atoms with Crippen molar-refractivity contribution in [1.82, 2.24) is 0 Å². The van der Waals surface area contributed by atoms with Crippen molar-refractivity contribution in [3.8, 4) is 0 Å². The molecular weight excluding hydrogens is 265 g/mol. The van der Waals surface area contributed by atoms with Crippen LogP contribution in [0.15, 0.2) is 18.2 Å². The lowest BCUT2D eigenvalue weighted by molar-refractivity contribution is -0.138. The molecule has 18 heavy (non-hydrogen) atoms. The quantitative estimate of drug-likeness (QED) is 0.866. The molecule has 100 valence electrons. The molecule has 1 N–H and O–H groups in total. The maximum atomic E-state index is 13.0. The zero-order chi connectivity index (χ0) is 13.8. The molecule has 1 fully saturated rings. The molecule has 1 saturated carbocycles. The lowest BCUT2D eigenvalue weighted by Gasteiger charge is -2.24. The van der Waals surface area contributed by atoms with Gasteiger partial charge in [0, 0.05) is 10.4 Å². The van der Waals surface area contributed by atoms with Crippen molar-refractivity contribution in [2.75, 3.05) is 6.61 Å². The fourth-order valence-electron chi connectivity index (χ4n) is 2.73. The van der Waals surface area contributed by atoms with Crippen molar-refractivity contribution in [2.45, 2.75) is 31.9 Å². The summed E-state index contributed by atoms with van der Waals surface area (Å²) >= 11 is 5.95. The molecular formula is C13H14ClF3O. The molecule has 0 bridgehead atoms. The van der Waals surface area contributed by atoms with Gasteiger partial charge in [0.15, 0.2) is 0 Å². The third-order valence-electron chi connectivity index (χ3n) is 3.98. The number of aliphatic hydroxyl groups is 1. The SMILES string of the molecule is CC1(C)CC1(CO)c1c(Cl)cccc1C(F)(F)F. The first-order valence-corrected chi connectivity index (χ1v) is 6.00. The van der Waals surface area contributed by atoms with Crippen LogP contribution in [0, 0.1) is 5.41 Å². The van der Waals surface area contributed by atoms with Crippen molar-refractivity contribution in [3.05, 3.63) is 34.3 Å². The Kier molecular flexibility index (Phi) is 2.95. The molecule has 5 heteroatoms. The monoisotopic (exact) mass is 278 g/mol. The molecule has 0 saturated heterocycles. The van der Waals surface area contributed by atoms with Crippen molar-refractivity contribution >= 4 is 11.6 Å². The van der Waals surface area contributed by atoms with Crippen LogP contribution < -0.4 is 0 Å². The first kappa shape index (κ1) is 13.7. The number of benzene rings is 1. The summed E-state index contributed by atoms with van der Waals surface area (Å²) in [6, 6.07) is 3.75. The van der Waals surface area contributed by atoms with Crippen LogP contribution in [0.3, 0.4) is 0 Å². The second-order valence-electron chi connectivity index (χ2n) is 5.46. The van der Waals surface area contributed by atoms with Crippen LogP contribution in [0.4, 0.5) is 13.2 Å². The van der Waals surface area contributed by atoms with E-state index in [1.165, 1.54) is 12.1 Å². The van der Waals surface area contributed by atoms with E-state index in [9.17, 15) is 18.3 Å². The summed E-state index contributed by atoms with van der Waals surface area (Å²) in [5.74, 6) is 0. The highest BCUT2D eigenvalue weighted by atomic mass is 35.5. The highest BCUT2D eigenvalue weighted by molar-refractivity contribution is 6.31. The Labute approximate surface area is 109 Å². The first-order valence-electron chi connectivity index (χ1n) is 5.63. The summed E-state index contributed by atoms with van der Waals surface area (Å²) in [5, 5.41) is 9.61. The van der Waals surface area contributed by atoms with Crippen molar-refractivity contribution in [1.29, 1.82) is 0 Å². The zero-order valence-corrected chi connectivity index (χ0v) is 10.9. The Morgan fingerprint density at radius 1 is 1.33 bits per heavy atom. The normalized spacial score (nSPS) is 26.2. The number of rotatable bonds is 2. The van der Waals surface area contributed by atoms with Gasteiger partial charge in [-0.25, -0.2) is 0 Å². The molecule has 0 amide bonds. The van der Waals surface area contributed by atoms with E-state index in [0.717, 1.165) is 6.07 Å². The second kappa shape index (κ2) is 3.87. The van der Waals surface area contributed by atoms with E-state index in [-0.39, 0.29) is 22.6 Å². The molecule has 1 atom stereocenters. The average molecular weight is 279 g/mol. The maximum Gasteiger partial charge on any atom is 0.416 e. The third-order valence-corrected chi connectivity index (χ3v) is 4.30. The Balaban J connectivity index is 2.65. The Bertz CT molecular complexity index is 482. The van der Waals surface area contributed by atoms with Crippen molar-refractivity contribution in [2.24, 2.45) is 5.41 Å². The minimum absolute atomic E-state index is 0.0340. The second-order valence-corrected chi connectivity index (χ2v) is 5.87. The Hall–Kier alpha value is -0.740. The van der Waals surface area contributed by atoms with E-state index in [0.29, 0.717) is 6.42 Å². The molecule has 1 aliphatic rings. The van der Waals surface area contributed by atoms with Gasteiger partial charge in [-0.1, -0.05) is 31.5 Å². The van der Waals surface area contributed by atoms with Gasteiger partial charge >= 0.3 is 6.18 Å². The lowest BCUT2D eigenvalue weighted by Crippen LogP contribution is -2.24. The topological polar surface area (TPSA) is 20.2 Å². The predicted molar refractivity (Wildman–Crippen MR) is 63.6 cm³/mol. The summed E-state index contributed by atoms with van der Waals surface area (Å²) in [5.41, 5.74) is -1.95. The van der Waals surface area contributed by atoms with Gasteiger partial charge in [-0.3, -0.25) is 0 Å². The Morgan fingerprint density at radius 2 is 1.89 bits per heavy atom. The van der Waals surface area contributed by atoms with Crippen molar-refractivity contribution in [3.63, 3.8) is 0 Å². The van der Waals surface area contributed by atoms with E-state index >= 15 is 0 Å². The van der Waals surface area contributed by atoms with E-state index in [1.807, 2.05) is 13.8 Å². The zero-order valence-electron chi connectivity index (χ0n) is 10.1. The summed E-state index contributed by atoms with van der Waals surface area (Å²) in [6.07, 6.45) is -3.95. The van der Waals surface area contributed by atoms with Gasteiger partial charge in [0.2, 0.25) is 0 Å². The smallest absolute Gasteiger partial charge is 0.395 e. The molecule has 0 radical (unpaired) electrons. The molecule has 0 spiro atoms. The number of alkyl halides is 3. The van der Waals surface area contributed by atoms with Gasteiger partial charge in [-0.2, -0.15) is 13.2 Å². The summed E-state index contributed by atoms with van der Waals surface area (Å²) in [6.45, 7) is 3.35. The van der Waals surface area contributed by atoms with Gasteiger partial charge in [0.05, 0.1) is 12.2 Å². The number of hydrogen-bond acceptors (Lipinski definition) is 1. The number of aliphatic hydroxyl groups excluding tert-OH is 1. The van der Waals surface area contributed by atoms with Gasteiger partial charge in [0.25, 0.3) is 0 Å². The first-order chi connectivity index (χ1) is 8.16. The molecule has 0 aliphatic heterocycles. The fraction of sp³-hybridized carbons (Fsp3) is 0.538. The molecule has 0 heterocycles. The summed E-state index contributed by atoms with van der Waals surface area (Å²) in [7, 11) is 0. The molecule has 1 nitrogen and oxygen atoms in total. The van der Waals surface area contributed by atoms with E-state index in [1.54, 1.807) is 0 Å². The minimum Gasteiger partial charge on any atom is -0.395 e. The molecule has 1 aliphatic carbocycles. The van der Waals surface area contributed by atoms with E-state index in [4.69, 9.17) is 11.6 Å². The highest BCUT2D eigenvalue weighted by Crippen LogP contribution is 2.66. The molecule has 1 aromatic carbocycles.